The molecule has 2 aliphatic carbocycles. The minimum Gasteiger partial charge on any atom is -0.347 e. The van der Waals surface area contributed by atoms with E-state index in [1.54, 1.807) is 6.20 Å². The first-order valence-electron chi connectivity index (χ1n) is 9.70. The normalized spacial score (nSPS) is 25.4. The third-order valence-electron chi connectivity index (χ3n) is 5.94. The first-order chi connectivity index (χ1) is 12.2. The Bertz CT molecular complexity index is 623. The molecule has 0 bridgehead atoms. The van der Waals surface area contributed by atoms with Gasteiger partial charge in [-0.3, -0.25) is 14.6 Å². The van der Waals surface area contributed by atoms with Crippen molar-refractivity contribution >= 4 is 11.8 Å². The zero-order chi connectivity index (χ0) is 17.2. The number of hydrogen-bond donors (Lipinski definition) is 1. The zero-order valence-electron chi connectivity index (χ0n) is 14.7. The van der Waals surface area contributed by atoms with Gasteiger partial charge >= 0.3 is 0 Å². The van der Waals surface area contributed by atoms with Crippen LogP contribution in [0.25, 0.3) is 0 Å². The minimum absolute atomic E-state index is 0.0224. The molecule has 0 unspecified atom stereocenters. The average molecular weight is 341 g/mol. The van der Waals surface area contributed by atoms with Crippen LogP contribution >= 0.6 is 0 Å². The van der Waals surface area contributed by atoms with E-state index in [4.69, 9.17) is 0 Å². The molecule has 0 aromatic carbocycles. The molecule has 5 heteroatoms. The number of rotatable bonds is 6. The fraction of sp³-hybridized carbons (Fsp3) is 0.650. The van der Waals surface area contributed by atoms with E-state index < -0.39 is 0 Å². The summed E-state index contributed by atoms with van der Waals surface area (Å²) >= 11 is 0. The van der Waals surface area contributed by atoms with E-state index in [-0.39, 0.29) is 23.8 Å². The molecule has 5 nitrogen and oxygen atoms in total. The zero-order valence-corrected chi connectivity index (χ0v) is 14.7. The molecule has 0 radical (unpaired) electrons. The van der Waals surface area contributed by atoms with E-state index in [9.17, 15) is 9.59 Å². The third-order valence-corrected chi connectivity index (χ3v) is 5.94. The predicted molar refractivity (Wildman–Crippen MR) is 94.5 cm³/mol. The predicted octanol–water partition coefficient (Wildman–Crippen LogP) is 2.69. The summed E-state index contributed by atoms with van der Waals surface area (Å²) in [6.07, 6.45) is 9.33. The Morgan fingerprint density at radius 3 is 2.72 bits per heavy atom. The number of nitrogens with zero attached hydrogens (tertiary/aromatic N) is 2. The van der Waals surface area contributed by atoms with Crippen molar-refractivity contribution in [2.45, 2.75) is 51.0 Å². The Hall–Kier alpha value is -1.91. The van der Waals surface area contributed by atoms with Crippen LogP contribution in [-0.4, -0.2) is 34.8 Å². The van der Waals surface area contributed by atoms with E-state index >= 15 is 0 Å². The Morgan fingerprint density at radius 1 is 1.24 bits per heavy atom. The van der Waals surface area contributed by atoms with Gasteiger partial charge in [-0.1, -0.05) is 18.9 Å². The number of carbonyl (C=O) groups excluding carboxylic acids is 2. The highest BCUT2D eigenvalue weighted by Gasteiger charge is 2.38. The highest BCUT2D eigenvalue weighted by molar-refractivity contribution is 5.89. The van der Waals surface area contributed by atoms with Crippen molar-refractivity contribution in [1.82, 2.24) is 15.2 Å². The molecule has 3 aliphatic rings. The molecule has 2 saturated carbocycles. The van der Waals surface area contributed by atoms with E-state index in [0.717, 1.165) is 25.1 Å². The van der Waals surface area contributed by atoms with E-state index in [1.165, 1.54) is 25.7 Å². The Balaban J connectivity index is 1.42. The van der Waals surface area contributed by atoms with Gasteiger partial charge in [-0.2, -0.15) is 0 Å². The highest BCUT2D eigenvalue weighted by Crippen LogP contribution is 2.36. The molecule has 1 aliphatic heterocycles. The quantitative estimate of drug-likeness (QED) is 0.865. The molecule has 1 aromatic heterocycles. The molecular weight excluding hydrogens is 314 g/mol. The topological polar surface area (TPSA) is 62.3 Å². The summed E-state index contributed by atoms with van der Waals surface area (Å²) in [6.45, 7) is 1.43. The molecule has 1 aromatic rings. The fourth-order valence-corrected chi connectivity index (χ4v) is 4.29. The Morgan fingerprint density at radius 2 is 2.04 bits per heavy atom. The number of hydrogen-bond acceptors (Lipinski definition) is 3. The van der Waals surface area contributed by atoms with E-state index in [1.807, 2.05) is 23.1 Å². The van der Waals surface area contributed by atoms with Gasteiger partial charge in [0.1, 0.15) is 0 Å². The lowest BCUT2D eigenvalue weighted by atomic mass is 9.94. The first-order valence-corrected chi connectivity index (χ1v) is 9.70. The molecule has 2 amide bonds. The van der Waals surface area contributed by atoms with Gasteiger partial charge in [0.25, 0.3) is 0 Å². The minimum atomic E-state index is -0.209. The molecule has 1 N–H and O–H groups in total. The second-order valence-corrected chi connectivity index (χ2v) is 7.93. The SMILES string of the molecule is O=C(N[C@@H](c1ccccn1)C1CCCC1)[C@@H]1CC(=O)N(CC2CC2)C1. The van der Waals surface area contributed by atoms with Crippen molar-refractivity contribution in [3.05, 3.63) is 30.1 Å². The number of likely N-dealkylation sites (tertiary alicyclic amines) is 1. The monoisotopic (exact) mass is 341 g/mol. The van der Waals surface area contributed by atoms with Gasteiger partial charge in [0, 0.05) is 25.7 Å². The lowest BCUT2D eigenvalue weighted by Crippen LogP contribution is -2.38. The molecule has 3 fully saturated rings. The number of amides is 2. The van der Waals surface area contributed by atoms with Crippen LogP contribution in [0.2, 0.25) is 0 Å². The molecule has 0 spiro atoms. The summed E-state index contributed by atoms with van der Waals surface area (Å²) in [4.78, 5) is 31.4. The number of carbonyl (C=O) groups is 2. The van der Waals surface area contributed by atoms with E-state index in [0.29, 0.717) is 24.8 Å². The lowest BCUT2D eigenvalue weighted by molar-refractivity contribution is -0.129. The molecule has 2 heterocycles. The summed E-state index contributed by atoms with van der Waals surface area (Å²) in [6, 6.07) is 5.86. The molecule has 134 valence electrons. The lowest BCUT2D eigenvalue weighted by Gasteiger charge is -2.25. The van der Waals surface area contributed by atoms with Gasteiger partial charge in [0.05, 0.1) is 17.7 Å². The molecule has 25 heavy (non-hydrogen) atoms. The first kappa shape index (κ1) is 16.6. The standard InChI is InChI=1S/C20H27N3O2/c24-18-11-16(13-23(18)12-14-8-9-14)20(25)22-19(15-5-1-2-6-15)17-7-3-4-10-21-17/h3-4,7,10,14-16,19H,1-2,5-6,8-9,11-13H2,(H,22,25)/t16-,19-/m1/s1. The van der Waals surface area contributed by atoms with Crippen LogP contribution in [0.15, 0.2) is 24.4 Å². The summed E-state index contributed by atoms with van der Waals surface area (Å²) in [5, 5.41) is 3.25. The summed E-state index contributed by atoms with van der Waals surface area (Å²) < 4.78 is 0. The van der Waals surface area contributed by atoms with Crippen LogP contribution in [0.4, 0.5) is 0 Å². The summed E-state index contributed by atoms with van der Waals surface area (Å²) in [5.74, 6) is 1.08. The van der Waals surface area contributed by atoms with Crippen molar-refractivity contribution in [1.29, 1.82) is 0 Å². The van der Waals surface area contributed by atoms with Crippen LogP contribution in [0.5, 0.6) is 0 Å². The number of aromatic nitrogens is 1. The maximum atomic E-state index is 12.9. The largest absolute Gasteiger partial charge is 0.347 e. The van der Waals surface area contributed by atoms with Gasteiger partial charge < -0.3 is 10.2 Å². The molecule has 1 saturated heterocycles. The fourth-order valence-electron chi connectivity index (χ4n) is 4.29. The Kier molecular flexibility index (Phi) is 4.73. The van der Waals surface area contributed by atoms with Gasteiger partial charge in [0.2, 0.25) is 11.8 Å². The molecular formula is C20H27N3O2. The second-order valence-electron chi connectivity index (χ2n) is 7.93. The van der Waals surface area contributed by atoms with Gasteiger partial charge in [-0.15, -0.1) is 0 Å². The van der Waals surface area contributed by atoms with Crippen molar-refractivity contribution < 1.29 is 9.59 Å². The highest BCUT2D eigenvalue weighted by atomic mass is 16.2. The van der Waals surface area contributed by atoms with Gasteiger partial charge in [-0.25, -0.2) is 0 Å². The molecule has 2 atom stereocenters. The second kappa shape index (κ2) is 7.14. The number of pyridine rings is 1. The number of nitrogens with one attached hydrogen (secondary N) is 1. The van der Waals surface area contributed by atoms with Crippen LogP contribution < -0.4 is 5.32 Å². The van der Waals surface area contributed by atoms with Crippen molar-refractivity contribution in [3.63, 3.8) is 0 Å². The summed E-state index contributed by atoms with van der Waals surface area (Å²) in [7, 11) is 0. The Labute approximate surface area is 149 Å². The average Bonchev–Trinajstić information content (AvgIpc) is 3.13. The smallest absolute Gasteiger partial charge is 0.225 e. The van der Waals surface area contributed by atoms with Crippen molar-refractivity contribution in [3.8, 4) is 0 Å². The maximum Gasteiger partial charge on any atom is 0.225 e. The van der Waals surface area contributed by atoms with Crippen LogP contribution in [-0.2, 0) is 9.59 Å². The van der Waals surface area contributed by atoms with Crippen LogP contribution in [0, 0.1) is 17.8 Å². The van der Waals surface area contributed by atoms with Crippen LogP contribution in [0.3, 0.4) is 0 Å². The van der Waals surface area contributed by atoms with Crippen LogP contribution in [0.1, 0.15) is 56.7 Å². The van der Waals surface area contributed by atoms with Crippen molar-refractivity contribution in [2.24, 2.45) is 17.8 Å². The summed E-state index contributed by atoms with van der Waals surface area (Å²) in [5.41, 5.74) is 0.946. The van der Waals surface area contributed by atoms with Crippen molar-refractivity contribution in [2.75, 3.05) is 13.1 Å². The molecule has 4 rings (SSSR count). The van der Waals surface area contributed by atoms with E-state index in [2.05, 4.69) is 10.3 Å². The van der Waals surface area contributed by atoms with Gasteiger partial charge in [0.15, 0.2) is 0 Å². The third kappa shape index (κ3) is 3.86. The maximum absolute atomic E-state index is 12.9. The van der Waals surface area contributed by atoms with Gasteiger partial charge in [-0.05, 0) is 49.7 Å².